The molecule has 1 fully saturated rings. The number of hydrogen-bond donors (Lipinski definition) is 1. The summed E-state index contributed by atoms with van der Waals surface area (Å²) in [5.41, 5.74) is 9.17. The smallest absolute Gasteiger partial charge is 0.0469 e. The number of nitrogens with two attached hydrogens (primary N) is 1. The van der Waals surface area contributed by atoms with Crippen molar-refractivity contribution in [1.82, 2.24) is 4.98 Å². The van der Waals surface area contributed by atoms with Gasteiger partial charge in [-0.15, -0.1) is 0 Å². The highest BCUT2D eigenvalue weighted by molar-refractivity contribution is 5.27. The topological polar surface area (TPSA) is 38.9 Å². The maximum atomic E-state index is 6.34. The molecule has 92 valence electrons. The van der Waals surface area contributed by atoms with Crippen molar-refractivity contribution in [2.45, 2.75) is 56.9 Å². The summed E-state index contributed by atoms with van der Waals surface area (Å²) in [5.74, 6) is 1.31. The molecule has 17 heavy (non-hydrogen) atoms. The van der Waals surface area contributed by atoms with E-state index in [1.807, 2.05) is 6.20 Å². The molecule has 2 aliphatic rings. The van der Waals surface area contributed by atoms with Gasteiger partial charge in [0, 0.05) is 23.9 Å². The Morgan fingerprint density at radius 1 is 1.12 bits per heavy atom. The molecule has 3 rings (SSSR count). The largest absolute Gasteiger partial charge is 0.327 e. The van der Waals surface area contributed by atoms with Crippen LogP contribution in [0.25, 0.3) is 0 Å². The first-order valence-corrected chi connectivity index (χ1v) is 7.05. The maximum absolute atomic E-state index is 6.34. The Labute approximate surface area is 104 Å². The summed E-state index contributed by atoms with van der Waals surface area (Å²) in [7, 11) is 0. The third kappa shape index (κ3) is 2.11. The average molecular weight is 230 g/mol. The van der Waals surface area contributed by atoms with Crippen LogP contribution in [0.15, 0.2) is 18.3 Å². The minimum atomic E-state index is 0.404. The fraction of sp³-hybridized carbons (Fsp3) is 0.667. The molecular formula is C15H22N2. The predicted molar refractivity (Wildman–Crippen MR) is 69.8 cm³/mol. The van der Waals surface area contributed by atoms with E-state index in [0.717, 1.165) is 0 Å². The Hall–Kier alpha value is -0.890. The molecule has 2 heteroatoms. The lowest BCUT2D eigenvalue weighted by atomic mass is 9.70. The zero-order valence-electron chi connectivity index (χ0n) is 10.4. The van der Waals surface area contributed by atoms with E-state index in [1.165, 1.54) is 56.2 Å². The highest BCUT2D eigenvalue weighted by Gasteiger charge is 2.33. The summed E-state index contributed by atoms with van der Waals surface area (Å²) in [6.07, 6.45) is 11.0. The first kappa shape index (κ1) is 11.2. The number of hydrogen-bond acceptors (Lipinski definition) is 2. The van der Waals surface area contributed by atoms with Crippen LogP contribution in [0.4, 0.5) is 0 Å². The van der Waals surface area contributed by atoms with Crippen LogP contribution in [0.1, 0.15) is 55.7 Å². The van der Waals surface area contributed by atoms with Crippen LogP contribution < -0.4 is 5.73 Å². The summed E-state index contributed by atoms with van der Waals surface area (Å²) in [6.45, 7) is 0. The Morgan fingerprint density at radius 3 is 2.88 bits per heavy atom. The molecule has 2 nitrogen and oxygen atoms in total. The summed E-state index contributed by atoms with van der Waals surface area (Å²) < 4.78 is 0. The molecule has 0 saturated heterocycles. The van der Waals surface area contributed by atoms with Crippen molar-refractivity contribution >= 4 is 0 Å². The molecule has 0 bridgehead atoms. The van der Waals surface area contributed by atoms with Crippen molar-refractivity contribution < 1.29 is 0 Å². The minimum absolute atomic E-state index is 0.404. The monoisotopic (exact) mass is 230 g/mol. The molecule has 0 aromatic carbocycles. The van der Waals surface area contributed by atoms with Crippen molar-refractivity contribution in [1.29, 1.82) is 0 Å². The van der Waals surface area contributed by atoms with Crippen LogP contribution in [0.3, 0.4) is 0 Å². The van der Waals surface area contributed by atoms with Gasteiger partial charge in [-0.2, -0.15) is 0 Å². The predicted octanol–water partition coefficient (Wildman–Crippen LogP) is 3.02. The van der Waals surface area contributed by atoms with E-state index in [1.54, 1.807) is 0 Å². The van der Waals surface area contributed by atoms with E-state index in [9.17, 15) is 0 Å². The molecule has 3 atom stereocenters. The Balaban J connectivity index is 1.89. The van der Waals surface area contributed by atoms with Gasteiger partial charge in [-0.25, -0.2) is 0 Å². The third-order valence-corrected chi connectivity index (χ3v) is 4.63. The second kappa shape index (κ2) is 4.77. The van der Waals surface area contributed by atoms with Gasteiger partial charge in [0.1, 0.15) is 0 Å². The molecule has 1 saturated carbocycles. The SMILES string of the molecule is NC1CCCCC1C1CCCc2cccnc21. The fourth-order valence-corrected chi connectivity index (χ4v) is 3.75. The van der Waals surface area contributed by atoms with Gasteiger partial charge < -0.3 is 5.73 Å². The standard InChI is InChI=1S/C15H22N2/c16-14-9-2-1-7-12(14)13-8-3-5-11-6-4-10-17-15(11)13/h4,6,10,12-14H,1-3,5,7-9,16H2. The lowest BCUT2D eigenvalue weighted by Crippen LogP contribution is -2.38. The summed E-state index contributed by atoms with van der Waals surface area (Å²) >= 11 is 0. The van der Waals surface area contributed by atoms with E-state index in [4.69, 9.17) is 5.73 Å². The average Bonchev–Trinajstić information content (AvgIpc) is 2.39. The molecule has 0 aliphatic heterocycles. The van der Waals surface area contributed by atoms with Crippen LogP contribution in [0.5, 0.6) is 0 Å². The van der Waals surface area contributed by atoms with E-state index >= 15 is 0 Å². The van der Waals surface area contributed by atoms with E-state index in [-0.39, 0.29) is 0 Å². The molecule has 2 N–H and O–H groups in total. The van der Waals surface area contributed by atoms with Crippen molar-refractivity contribution in [3.63, 3.8) is 0 Å². The molecule has 0 radical (unpaired) electrons. The molecule has 1 heterocycles. The second-order valence-electron chi connectivity index (χ2n) is 5.66. The van der Waals surface area contributed by atoms with Gasteiger partial charge in [-0.1, -0.05) is 18.9 Å². The quantitative estimate of drug-likeness (QED) is 0.805. The zero-order valence-corrected chi connectivity index (χ0v) is 10.4. The zero-order chi connectivity index (χ0) is 11.7. The molecule has 2 aliphatic carbocycles. The summed E-state index contributed by atoms with van der Waals surface area (Å²) in [5, 5.41) is 0. The molecule has 0 amide bonds. The van der Waals surface area contributed by atoms with Crippen LogP contribution >= 0.6 is 0 Å². The third-order valence-electron chi connectivity index (χ3n) is 4.63. The first-order valence-electron chi connectivity index (χ1n) is 7.05. The number of pyridine rings is 1. The van der Waals surface area contributed by atoms with Crippen molar-refractivity contribution in [3.05, 3.63) is 29.6 Å². The minimum Gasteiger partial charge on any atom is -0.327 e. The van der Waals surface area contributed by atoms with Gasteiger partial charge in [-0.05, 0) is 49.7 Å². The molecule has 1 aromatic heterocycles. The van der Waals surface area contributed by atoms with Gasteiger partial charge in [-0.3, -0.25) is 4.98 Å². The van der Waals surface area contributed by atoms with Crippen molar-refractivity contribution in [3.8, 4) is 0 Å². The number of fused-ring (bicyclic) bond motifs is 1. The maximum Gasteiger partial charge on any atom is 0.0469 e. The number of nitrogens with zero attached hydrogens (tertiary/aromatic N) is 1. The van der Waals surface area contributed by atoms with Gasteiger partial charge in [0.05, 0.1) is 0 Å². The van der Waals surface area contributed by atoms with E-state index in [0.29, 0.717) is 17.9 Å². The van der Waals surface area contributed by atoms with Crippen LogP contribution in [0.2, 0.25) is 0 Å². The van der Waals surface area contributed by atoms with E-state index in [2.05, 4.69) is 17.1 Å². The van der Waals surface area contributed by atoms with Crippen LogP contribution in [-0.2, 0) is 6.42 Å². The fourth-order valence-electron chi connectivity index (χ4n) is 3.75. The van der Waals surface area contributed by atoms with Gasteiger partial charge in [0.2, 0.25) is 0 Å². The highest BCUT2D eigenvalue weighted by atomic mass is 14.7. The summed E-state index contributed by atoms with van der Waals surface area (Å²) in [4.78, 5) is 4.65. The number of aromatic nitrogens is 1. The van der Waals surface area contributed by atoms with Gasteiger partial charge in [0.25, 0.3) is 0 Å². The molecule has 1 aromatic rings. The normalized spacial score (nSPS) is 33.1. The van der Waals surface area contributed by atoms with Crippen molar-refractivity contribution in [2.24, 2.45) is 11.7 Å². The molecular weight excluding hydrogens is 208 g/mol. The van der Waals surface area contributed by atoms with Crippen LogP contribution in [0, 0.1) is 5.92 Å². The van der Waals surface area contributed by atoms with Crippen molar-refractivity contribution in [2.75, 3.05) is 0 Å². The lowest BCUT2D eigenvalue weighted by molar-refractivity contribution is 0.243. The number of aryl methyl sites for hydroxylation is 1. The Kier molecular flexibility index (Phi) is 3.15. The van der Waals surface area contributed by atoms with E-state index < -0.39 is 0 Å². The lowest BCUT2D eigenvalue weighted by Gasteiger charge is -2.37. The second-order valence-corrected chi connectivity index (χ2v) is 5.66. The molecule has 3 unspecified atom stereocenters. The highest BCUT2D eigenvalue weighted by Crippen LogP contribution is 2.41. The Bertz CT molecular complexity index is 388. The van der Waals surface area contributed by atoms with Gasteiger partial charge in [0.15, 0.2) is 0 Å². The van der Waals surface area contributed by atoms with Crippen LogP contribution in [-0.4, -0.2) is 11.0 Å². The molecule has 0 spiro atoms. The number of rotatable bonds is 1. The Morgan fingerprint density at radius 2 is 2.00 bits per heavy atom. The van der Waals surface area contributed by atoms with Gasteiger partial charge >= 0.3 is 0 Å². The first-order chi connectivity index (χ1) is 8.36. The summed E-state index contributed by atoms with van der Waals surface area (Å²) in [6, 6.07) is 4.73.